The van der Waals surface area contributed by atoms with E-state index in [1.54, 1.807) is 6.20 Å². The molecule has 0 atom stereocenters. The third-order valence-electron chi connectivity index (χ3n) is 1.81. The molecule has 0 aliphatic heterocycles. The topological polar surface area (TPSA) is 50.7 Å². The van der Waals surface area contributed by atoms with E-state index in [4.69, 9.17) is 0 Å². The SMILES string of the molecule is Brc1cccc(NCc2ccncn2)n1. The van der Waals surface area contributed by atoms with Crippen molar-refractivity contribution in [3.8, 4) is 0 Å². The molecule has 2 heterocycles. The molecule has 4 nitrogen and oxygen atoms in total. The first-order valence-corrected chi connectivity index (χ1v) is 5.25. The fourth-order valence-corrected chi connectivity index (χ4v) is 1.45. The van der Waals surface area contributed by atoms with E-state index in [0.29, 0.717) is 6.54 Å². The molecule has 0 radical (unpaired) electrons. The second-order valence-electron chi connectivity index (χ2n) is 2.90. The molecule has 0 fully saturated rings. The lowest BCUT2D eigenvalue weighted by molar-refractivity contribution is 0.995. The Kier molecular flexibility index (Phi) is 3.24. The van der Waals surface area contributed by atoms with Crippen LogP contribution in [-0.4, -0.2) is 15.0 Å². The Morgan fingerprint density at radius 3 is 2.93 bits per heavy atom. The molecule has 15 heavy (non-hydrogen) atoms. The largest absolute Gasteiger partial charge is 0.364 e. The zero-order chi connectivity index (χ0) is 10.5. The Morgan fingerprint density at radius 2 is 2.20 bits per heavy atom. The second-order valence-corrected chi connectivity index (χ2v) is 3.71. The summed E-state index contributed by atoms with van der Waals surface area (Å²) in [6, 6.07) is 7.59. The molecular weight excluding hydrogens is 256 g/mol. The van der Waals surface area contributed by atoms with Crippen LogP contribution in [0.15, 0.2) is 41.4 Å². The van der Waals surface area contributed by atoms with E-state index < -0.39 is 0 Å². The smallest absolute Gasteiger partial charge is 0.127 e. The molecule has 76 valence electrons. The fourth-order valence-electron chi connectivity index (χ4n) is 1.11. The molecule has 0 aliphatic carbocycles. The van der Waals surface area contributed by atoms with Gasteiger partial charge in [0.1, 0.15) is 16.7 Å². The molecule has 0 bridgehead atoms. The number of aromatic nitrogens is 3. The molecule has 2 aromatic heterocycles. The van der Waals surface area contributed by atoms with Gasteiger partial charge >= 0.3 is 0 Å². The Bertz CT molecular complexity index is 432. The Labute approximate surface area is 95.9 Å². The summed E-state index contributed by atoms with van der Waals surface area (Å²) in [7, 11) is 0. The first-order chi connectivity index (χ1) is 7.34. The summed E-state index contributed by atoms with van der Waals surface area (Å²) < 4.78 is 0.815. The van der Waals surface area contributed by atoms with Crippen LogP contribution in [0.2, 0.25) is 0 Å². The zero-order valence-corrected chi connectivity index (χ0v) is 9.48. The van der Waals surface area contributed by atoms with E-state index in [2.05, 4.69) is 36.2 Å². The second kappa shape index (κ2) is 4.84. The number of anilines is 1. The van der Waals surface area contributed by atoms with Gasteiger partial charge in [-0.15, -0.1) is 0 Å². The molecular formula is C10H9BrN4. The van der Waals surface area contributed by atoms with Gasteiger partial charge in [-0.3, -0.25) is 0 Å². The van der Waals surface area contributed by atoms with Gasteiger partial charge in [0.2, 0.25) is 0 Å². The lowest BCUT2D eigenvalue weighted by Crippen LogP contribution is -2.02. The first-order valence-electron chi connectivity index (χ1n) is 4.46. The highest BCUT2D eigenvalue weighted by Crippen LogP contribution is 2.10. The van der Waals surface area contributed by atoms with E-state index in [1.807, 2.05) is 24.3 Å². The van der Waals surface area contributed by atoms with Gasteiger partial charge in [0.25, 0.3) is 0 Å². The summed E-state index contributed by atoms with van der Waals surface area (Å²) in [5.41, 5.74) is 0.937. The van der Waals surface area contributed by atoms with E-state index in [0.717, 1.165) is 16.1 Å². The quantitative estimate of drug-likeness (QED) is 0.865. The summed E-state index contributed by atoms with van der Waals surface area (Å²) in [5.74, 6) is 0.822. The molecule has 2 aromatic rings. The van der Waals surface area contributed by atoms with Crippen LogP contribution < -0.4 is 5.32 Å². The van der Waals surface area contributed by atoms with Crippen LogP contribution in [0.5, 0.6) is 0 Å². The van der Waals surface area contributed by atoms with Gasteiger partial charge < -0.3 is 5.32 Å². The molecule has 0 spiro atoms. The summed E-state index contributed by atoms with van der Waals surface area (Å²) in [6.45, 7) is 0.645. The number of nitrogens with one attached hydrogen (secondary N) is 1. The van der Waals surface area contributed by atoms with Crippen LogP contribution in [-0.2, 0) is 6.54 Å². The number of rotatable bonds is 3. The van der Waals surface area contributed by atoms with Crippen molar-refractivity contribution in [2.24, 2.45) is 0 Å². The van der Waals surface area contributed by atoms with Gasteiger partial charge in [-0.05, 0) is 34.1 Å². The number of pyridine rings is 1. The standard InChI is InChI=1S/C10H9BrN4/c11-9-2-1-3-10(15-9)13-6-8-4-5-12-7-14-8/h1-5,7H,6H2,(H,13,15). The predicted molar refractivity (Wildman–Crippen MR) is 61.3 cm³/mol. The Hall–Kier alpha value is -1.49. The van der Waals surface area contributed by atoms with Crippen molar-refractivity contribution in [3.05, 3.63) is 47.1 Å². The molecule has 0 saturated carbocycles. The zero-order valence-electron chi connectivity index (χ0n) is 7.89. The van der Waals surface area contributed by atoms with Crippen LogP contribution in [0.1, 0.15) is 5.69 Å². The minimum Gasteiger partial charge on any atom is -0.364 e. The fraction of sp³-hybridized carbons (Fsp3) is 0.100. The van der Waals surface area contributed by atoms with Gasteiger partial charge in [0, 0.05) is 6.20 Å². The van der Waals surface area contributed by atoms with E-state index in [1.165, 1.54) is 6.33 Å². The summed E-state index contributed by atoms with van der Waals surface area (Å²) in [6.07, 6.45) is 3.25. The summed E-state index contributed by atoms with van der Waals surface area (Å²) >= 11 is 3.31. The van der Waals surface area contributed by atoms with Crippen molar-refractivity contribution in [2.75, 3.05) is 5.32 Å². The van der Waals surface area contributed by atoms with Crippen molar-refractivity contribution in [2.45, 2.75) is 6.54 Å². The predicted octanol–water partition coefficient (Wildman–Crippen LogP) is 2.25. The van der Waals surface area contributed by atoms with Crippen molar-refractivity contribution < 1.29 is 0 Å². The van der Waals surface area contributed by atoms with Gasteiger partial charge in [-0.25, -0.2) is 15.0 Å². The maximum Gasteiger partial charge on any atom is 0.127 e. The van der Waals surface area contributed by atoms with Crippen molar-refractivity contribution in [3.63, 3.8) is 0 Å². The van der Waals surface area contributed by atoms with Crippen molar-refractivity contribution >= 4 is 21.7 Å². The monoisotopic (exact) mass is 264 g/mol. The average Bonchev–Trinajstić information content (AvgIpc) is 2.28. The van der Waals surface area contributed by atoms with E-state index >= 15 is 0 Å². The summed E-state index contributed by atoms with van der Waals surface area (Å²) in [4.78, 5) is 12.2. The van der Waals surface area contributed by atoms with Crippen molar-refractivity contribution in [1.82, 2.24) is 15.0 Å². The number of hydrogen-bond acceptors (Lipinski definition) is 4. The number of halogens is 1. The number of hydrogen-bond donors (Lipinski definition) is 1. The molecule has 2 rings (SSSR count). The highest BCUT2D eigenvalue weighted by Gasteiger charge is 1.96. The van der Waals surface area contributed by atoms with Crippen LogP contribution >= 0.6 is 15.9 Å². The average molecular weight is 265 g/mol. The minimum atomic E-state index is 0.645. The van der Waals surface area contributed by atoms with Crippen LogP contribution in [0, 0.1) is 0 Å². The lowest BCUT2D eigenvalue weighted by Gasteiger charge is -2.04. The van der Waals surface area contributed by atoms with Crippen LogP contribution in [0.3, 0.4) is 0 Å². The molecule has 0 unspecified atom stereocenters. The van der Waals surface area contributed by atoms with Gasteiger partial charge in [-0.2, -0.15) is 0 Å². The summed E-state index contributed by atoms with van der Waals surface area (Å²) in [5, 5.41) is 3.17. The molecule has 0 saturated heterocycles. The van der Waals surface area contributed by atoms with E-state index in [-0.39, 0.29) is 0 Å². The van der Waals surface area contributed by atoms with Crippen LogP contribution in [0.25, 0.3) is 0 Å². The Balaban J connectivity index is 1.99. The van der Waals surface area contributed by atoms with E-state index in [9.17, 15) is 0 Å². The Morgan fingerprint density at radius 1 is 1.27 bits per heavy atom. The minimum absolute atomic E-state index is 0.645. The van der Waals surface area contributed by atoms with Crippen LogP contribution in [0.4, 0.5) is 5.82 Å². The van der Waals surface area contributed by atoms with Gasteiger partial charge in [-0.1, -0.05) is 6.07 Å². The van der Waals surface area contributed by atoms with Crippen molar-refractivity contribution in [1.29, 1.82) is 0 Å². The highest BCUT2D eigenvalue weighted by molar-refractivity contribution is 9.10. The first kappa shape index (κ1) is 10.0. The highest BCUT2D eigenvalue weighted by atomic mass is 79.9. The third kappa shape index (κ3) is 2.99. The maximum absolute atomic E-state index is 4.25. The molecule has 0 amide bonds. The third-order valence-corrected chi connectivity index (χ3v) is 2.25. The molecule has 5 heteroatoms. The molecule has 1 N–H and O–H groups in total. The lowest BCUT2D eigenvalue weighted by atomic mass is 10.4. The maximum atomic E-state index is 4.25. The molecule has 0 aromatic carbocycles. The van der Waals surface area contributed by atoms with Gasteiger partial charge in [0.15, 0.2) is 0 Å². The number of nitrogens with zero attached hydrogens (tertiary/aromatic N) is 3. The normalized spacial score (nSPS) is 9.93. The molecule has 0 aliphatic rings. The van der Waals surface area contributed by atoms with Gasteiger partial charge in [0.05, 0.1) is 12.2 Å².